The number of hydrogen-bond donors (Lipinski definition) is 2. The fraction of sp³-hybridized carbons (Fsp3) is 0.263. The van der Waals surface area contributed by atoms with Gasteiger partial charge in [0.15, 0.2) is 6.61 Å². The topological polar surface area (TPSA) is 102 Å². The number of ether oxygens (including phenoxy) is 1. The van der Waals surface area contributed by atoms with E-state index in [9.17, 15) is 14.4 Å². The summed E-state index contributed by atoms with van der Waals surface area (Å²) >= 11 is 6.37. The highest BCUT2D eigenvalue weighted by molar-refractivity contribution is 6.31. The molecule has 0 spiro atoms. The average Bonchev–Trinajstić information content (AvgIpc) is 2.92. The maximum absolute atomic E-state index is 11.8. The number of aromatic nitrogens is 2. The normalized spacial score (nSPS) is 10.7. The lowest BCUT2D eigenvalue weighted by molar-refractivity contribution is -0.143. The maximum atomic E-state index is 11.8. The number of esters is 1. The second-order valence-corrected chi connectivity index (χ2v) is 6.14. The molecule has 0 saturated heterocycles. The molecule has 0 aliphatic heterocycles. The van der Waals surface area contributed by atoms with Crippen LogP contribution in [-0.2, 0) is 20.9 Å². The van der Waals surface area contributed by atoms with Crippen molar-refractivity contribution in [1.82, 2.24) is 20.4 Å². The van der Waals surface area contributed by atoms with Crippen LogP contribution in [0.1, 0.15) is 23.7 Å². The minimum atomic E-state index is -0.739. The number of halogens is 1. The van der Waals surface area contributed by atoms with Gasteiger partial charge in [0, 0.05) is 18.2 Å². The summed E-state index contributed by atoms with van der Waals surface area (Å²) in [5.41, 5.74) is 2.28. The third-order valence-corrected chi connectivity index (χ3v) is 4.01. The van der Waals surface area contributed by atoms with Gasteiger partial charge in [-0.05, 0) is 25.5 Å². The van der Waals surface area contributed by atoms with E-state index in [2.05, 4.69) is 10.4 Å². The predicted molar refractivity (Wildman–Crippen MR) is 105 cm³/mol. The van der Waals surface area contributed by atoms with Crippen LogP contribution in [0.2, 0.25) is 5.15 Å². The third-order valence-electron chi connectivity index (χ3n) is 3.61. The number of rotatable bonds is 7. The van der Waals surface area contributed by atoms with Crippen LogP contribution in [-0.4, -0.2) is 40.8 Å². The fourth-order valence-corrected chi connectivity index (χ4v) is 2.62. The summed E-state index contributed by atoms with van der Waals surface area (Å²) in [6, 6.07) is 9.07. The van der Waals surface area contributed by atoms with E-state index in [-0.39, 0.29) is 0 Å². The standard InChI is InChI=1S/C19H21ClN4O4/c1-3-21-19(27)22-16(25)12-28-17(26)10-9-15-13(2)23-24(18(15)20)11-14-7-5-4-6-8-14/h4-10H,3,11-12H2,1-2H3,(H2,21,22,25,27)/b10-9+. The van der Waals surface area contributed by atoms with E-state index in [0.717, 1.165) is 11.6 Å². The molecule has 1 aromatic carbocycles. The zero-order chi connectivity index (χ0) is 20.5. The molecule has 28 heavy (non-hydrogen) atoms. The Kier molecular flexibility index (Phi) is 7.76. The smallest absolute Gasteiger partial charge is 0.331 e. The molecular formula is C19H21ClN4O4. The van der Waals surface area contributed by atoms with Gasteiger partial charge in [-0.15, -0.1) is 0 Å². The van der Waals surface area contributed by atoms with E-state index >= 15 is 0 Å². The lowest BCUT2D eigenvalue weighted by atomic mass is 10.2. The third kappa shape index (κ3) is 6.24. The molecule has 148 valence electrons. The minimum Gasteiger partial charge on any atom is -0.452 e. The second-order valence-electron chi connectivity index (χ2n) is 5.78. The van der Waals surface area contributed by atoms with Gasteiger partial charge in [-0.3, -0.25) is 10.1 Å². The van der Waals surface area contributed by atoms with Crippen molar-refractivity contribution < 1.29 is 19.1 Å². The number of carbonyl (C=O) groups excluding carboxylic acids is 3. The molecule has 0 bridgehead atoms. The van der Waals surface area contributed by atoms with Crippen LogP contribution in [0.4, 0.5) is 4.79 Å². The summed E-state index contributed by atoms with van der Waals surface area (Å²) in [6.07, 6.45) is 2.64. The molecule has 2 N–H and O–H groups in total. The molecule has 1 heterocycles. The Morgan fingerprint density at radius 2 is 1.96 bits per heavy atom. The first kappa shape index (κ1) is 21.2. The number of amides is 3. The quantitative estimate of drug-likeness (QED) is 0.544. The summed E-state index contributed by atoms with van der Waals surface area (Å²) in [4.78, 5) is 34.5. The summed E-state index contributed by atoms with van der Waals surface area (Å²) in [5, 5.41) is 9.19. The highest BCUT2D eigenvalue weighted by atomic mass is 35.5. The number of carbonyl (C=O) groups is 3. The van der Waals surface area contributed by atoms with Gasteiger partial charge in [0.05, 0.1) is 12.2 Å². The number of urea groups is 1. The number of hydrogen-bond acceptors (Lipinski definition) is 5. The lowest BCUT2D eigenvalue weighted by Gasteiger charge is -2.04. The molecule has 0 aliphatic rings. The van der Waals surface area contributed by atoms with Crippen molar-refractivity contribution in [2.75, 3.05) is 13.2 Å². The van der Waals surface area contributed by atoms with E-state index in [1.807, 2.05) is 35.6 Å². The fourth-order valence-electron chi connectivity index (χ4n) is 2.32. The molecule has 0 fully saturated rings. The van der Waals surface area contributed by atoms with Crippen LogP contribution in [0.15, 0.2) is 36.4 Å². The van der Waals surface area contributed by atoms with Crippen molar-refractivity contribution in [2.24, 2.45) is 0 Å². The van der Waals surface area contributed by atoms with E-state index in [0.29, 0.717) is 29.5 Å². The van der Waals surface area contributed by atoms with Crippen LogP contribution in [0.5, 0.6) is 0 Å². The largest absolute Gasteiger partial charge is 0.452 e. The van der Waals surface area contributed by atoms with Crippen LogP contribution < -0.4 is 10.6 Å². The first-order valence-corrected chi connectivity index (χ1v) is 8.97. The van der Waals surface area contributed by atoms with E-state index in [4.69, 9.17) is 16.3 Å². The van der Waals surface area contributed by atoms with Gasteiger partial charge in [0.1, 0.15) is 5.15 Å². The molecule has 9 heteroatoms. The van der Waals surface area contributed by atoms with Crippen molar-refractivity contribution in [3.63, 3.8) is 0 Å². The van der Waals surface area contributed by atoms with Gasteiger partial charge in [-0.25, -0.2) is 14.3 Å². The molecule has 8 nitrogen and oxygen atoms in total. The Balaban J connectivity index is 1.93. The number of imide groups is 1. The highest BCUT2D eigenvalue weighted by Crippen LogP contribution is 2.22. The predicted octanol–water partition coefficient (Wildman–Crippen LogP) is 2.30. The zero-order valence-electron chi connectivity index (χ0n) is 15.6. The Morgan fingerprint density at radius 3 is 2.64 bits per heavy atom. The number of nitrogens with zero attached hydrogens (tertiary/aromatic N) is 2. The van der Waals surface area contributed by atoms with E-state index in [1.165, 1.54) is 6.08 Å². The molecule has 0 saturated carbocycles. The summed E-state index contributed by atoms with van der Waals surface area (Å²) in [5.74, 6) is -1.46. The van der Waals surface area contributed by atoms with Crippen molar-refractivity contribution in [2.45, 2.75) is 20.4 Å². The molecule has 0 atom stereocenters. The molecule has 0 unspecified atom stereocenters. The summed E-state index contributed by atoms with van der Waals surface area (Å²) < 4.78 is 6.43. The van der Waals surface area contributed by atoms with Crippen LogP contribution in [0, 0.1) is 6.92 Å². The highest BCUT2D eigenvalue weighted by Gasteiger charge is 2.13. The molecule has 2 aromatic rings. The van der Waals surface area contributed by atoms with Gasteiger partial charge < -0.3 is 10.1 Å². The van der Waals surface area contributed by atoms with Crippen LogP contribution in [0.25, 0.3) is 6.08 Å². The van der Waals surface area contributed by atoms with Gasteiger partial charge in [0.25, 0.3) is 5.91 Å². The monoisotopic (exact) mass is 404 g/mol. The van der Waals surface area contributed by atoms with Crippen molar-refractivity contribution in [1.29, 1.82) is 0 Å². The molecule has 0 radical (unpaired) electrons. The molecule has 3 amide bonds. The Labute approximate surface area is 167 Å². The summed E-state index contributed by atoms with van der Waals surface area (Å²) in [6.45, 7) is 3.79. The van der Waals surface area contributed by atoms with Gasteiger partial charge in [0.2, 0.25) is 0 Å². The first-order chi connectivity index (χ1) is 13.4. The molecule has 0 aliphatic carbocycles. The summed E-state index contributed by atoms with van der Waals surface area (Å²) in [7, 11) is 0. The zero-order valence-corrected chi connectivity index (χ0v) is 16.3. The minimum absolute atomic E-state index is 0.375. The SMILES string of the molecule is CCNC(=O)NC(=O)COC(=O)/C=C/c1c(C)nn(Cc2ccccc2)c1Cl. The van der Waals surface area contributed by atoms with Crippen LogP contribution in [0.3, 0.4) is 0 Å². The Hall–Kier alpha value is -3.13. The Bertz CT molecular complexity index is 878. The first-order valence-electron chi connectivity index (χ1n) is 8.60. The number of nitrogens with one attached hydrogen (secondary N) is 2. The van der Waals surface area contributed by atoms with Crippen molar-refractivity contribution in [3.8, 4) is 0 Å². The van der Waals surface area contributed by atoms with Crippen molar-refractivity contribution >= 4 is 35.6 Å². The van der Waals surface area contributed by atoms with E-state index < -0.39 is 24.5 Å². The maximum Gasteiger partial charge on any atom is 0.331 e. The number of aryl methyl sites for hydroxylation is 1. The van der Waals surface area contributed by atoms with Gasteiger partial charge in [-0.1, -0.05) is 41.9 Å². The molecule has 1 aromatic heterocycles. The van der Waals surface area contributed by atoms with E-state index in [1.54, 1.807) is 18.5 Å². The van der Waals surface area contributed by atoms with Gasteiger partial charge >= 0.3 is 12.0 Å². The molecule has 2 rings (SSSR count). The molecular weight excluding hydrogens is 384 g/mol. The van der Waals surface area contributed by atoms with Crippen molar-refractivity contribution in [3.05, 3.63) is 58.4 Å². The lowest BCUT2D eigenvalue weighted by Crippen LogP contribution is -2.41. The van der Waals surface area contributed by atoms with Crippen LogP contribution >= 0.6 is 11.6 Å². The number of benzene rings is 1. The Morgan fingerprint density at radius 1 is 1.25 bits per heavy atom. The van der Waals surface area contributed by atoms with Gasteiger partial charge in [-0.2, -0.15) is 5.10 Å². The average molecular weight is 405 g/mol. The second kappa shape index (κ2) is 10.3.